The summed E-state index contributed by atoms with van der Waals surface area (Å²) in [6, 6.07) is 7.72. The molecule has 6 aromatic rings. The van der Waals surface area contributed by atoms with E-state index in [4.69, 9.17) is 5.73 Å². The van der Waals surface area contributed by atoms with Crippen LogP contribution in [0.15, 0.2) is 91.4 Å². The van der Waals surface area contributed by atoms with Crippen LogP contribution < -0.4 is 48.3 Å². The molecule has 3 aromatic carbocycles. The lowest BCUT2D eigenvalue weighted by atomic mass is 10.0. The van der Waals surface area contributed by atoms with Crippen LogP contribution in [0.4, 0.5) is 0 Å². The van der Waals surface area contributed by atoms with E-state index in [0.29, 0.717) is 38.5 Å². The minimum Gasteiger partial charge on any atom is -0.481 e. The predicted octanol–water partition coefficient (Wildman–Crippen LogP) is -2.22. The fourth-order valence-corrected chi connectivity index (χ4v) is 10.5. The number of nitrogens with two attached hydrogens (primary N) is 1. The number of likely N-dealkylation sites (tertiary alicyclic amines) is 1. The SMILES string of the molecule is C[C@@H](O)[C@H](NC(=O)[C@H](Cc1c[nH]c2ccccc12)NC(=O)[C@@H](N)CS)C(=O)N[C@@H](Cc1c[nH]c2ccccc12)C(=O)N1CCC[C@H]1C(=O)N[C@@H](CC(=O)O)C(=O)N[C@@H](CO)C(=O)NCC(=O)N[C@@H](Cc1c[nH]c2ccccc12)C(=O)N[C@@H](CS)C(=O)O. The van der Waals surface area contributed by atoms with Gasteiger partial charge in [-0.3, -0.25) is 47.9 Å². The van der Waals surface area contributed by atoms with Crippen LogP contribution in [0.3, 0.4) is 0 Å². The molecule has 7 rings (SSSR count). The number of aliphatic hydroxyl groups excluding tert-OH is 2. The number of carbonyl (C=O) groups is 11. The summed E-state index contributed by atoms with van der Waals surface area (Å²) in [5.74, 6) is -12.0. The number of para-hydroxylation sites is 3. The Kier molecular flexibility index (Phi) is 22.9. The zero-order valence-corrected chi connectivity index (χ0v) is 48.7. The minimum absolute atomic E-state index is 0.0110. The van der Waals surface area contributed by atoms with Crippen LogP contribution in [0.1, 0.15) is 42.9 Å². The first kappa shape index (κ1) is 65.6. The molecular formula is C57H69N13O15S2. The van der Waals surface area contributed by atoms with Crippen molar-refractivity contribution in [3.05, 3.63) is 108 Å². The van der Waals surface area contributed by atoms with Crippen LogP contribution in [0, 0.1) is 0 Å². The summed E-state index contributed by atoms with van der Waals surface area (Å²) in [5.41, 5.74) is 9.84. The summed E-state index contributed by atoms with van der Waals surface area (Å²) in [6.45, 7) is -0.779. The molecule has 1 aliphatic rings. The van der Waals surface area contributed by atoms with Gasteiger partial charge in [-0.1, -0.05) is 54.6 Å². The number of nitrogens with one attached hydrogen (secondary N) is 11. The van der Waals surface area contributed by atoms with Crippen LogP contribution in [-0.2, 0) is 72.0 Å². The molecule has 0 spiro atoms. The van der Waals surface area contributed by atoms with Gasteiger partial charge < -0.3 is 88.5 Å². The Morgan fingerprint density at radius 3 is 1.55 bits per heavy atom. The summed E-state index contributed by atoms with van der Waals surface area (Å²) < 4.78 is 0. The first-order valence-electron chi connectivity index (χ1n) is 27.7. The van der Waals surface area contributed by atoms with Gasteiger partial charge in [0.1, 0.15) is 48.3 Å². The van der Waals surface area contributed by atoms with Gasteiger partial charge in [-0.25, -0.2) is 4.79 Å². The lowest BCUT2D eigenvalue weighted by molar-refractivity contribution is -0.144. The molecule has 3 aromatic heterocycles. The molecular weight excluding hydrogens is 1170 g/mol. The van der Waals surface area contributed by atoms with Crippen LogP contribution in [-0.4, -0.2) is 197 Å². The van der Waals surface area contributed by atoms with Gasteiger partial charge >= 0.3 is 11.9 Å². The maximum absolute atomic E-state index is 14.9. The maximum Gasteiger partial charge on any atom is 0.327 e. The molecule has 17 N–H and O–H groups in total. The van der Waals surface area contributed by atoms with Crippen LogP contribution in [0.5, 0.6) is 0 Å². The number of benzene rings is 3. The van der Waals surface area contributed by atoms with Crippen molar-refractivity contribution >= 4 is 123 Å². The summed E-state index contributed by atoms with van der Waals surface area (Å²) >= 11 is 8.09. The van der Waals surface area contributed by atoms with Crippen molar-refractivity contribution in [2.45, 2.75) is 106 Å². The molecule has 1 fully saturated rings. The smallest absolute Gasteiger partial charge is 0.327 e. The number of nitrogens with zero attached hydrogens (tertiary/aromatic N) is 1. The number of carboxylic acid groups (broad SMARTS) is 2. The van der Waals surface area contributed by atoms with E-state index in [1.165, 1.54) is 6.92 Å². The largest absolute Gasteiger partial charge is 0.481 e. The lowest BCUT2D eigenvalue weighted by Crippen LogP contribution is -2.62. The van der Waals surface area contributed by atoms with E-state index in [1.807, 2.05) is 18.2 Å². The van der Waals surface area contributed by atoms with Crippen molar-refractivity contribution in [1.29, 1.82) is 0 Å². The Morgan fingerprint density at radius 1 is 0.586 bits per heavy atom. The molecule has 10 atom stereocenters. The highest BCUT2D eigenvalue weighted by atomic mass is 32.1. The van der Waals surface area contributed by atoms with Gasteiger partial charge in [-0.2, -0.15) is 25.3 Å². The Balaban J connectivity index is 1.03. The van der Waals surface area contributed by atoms with E-state index in [2.05, 4.69) is 82.7 Å². The first-order valence-corrected chi connectivity index (χ1v) is 28.9. The number of aliphatic carboxylic acids is 2. The molecule has 0 saturated carbocycles. The minimum atomic E-state index is -1.93. The third-order valence-corrected chi connectivity index (χ3v) is 15.4. The molecule has 1 saturated heterocycles. The molecule has 0 unspecified atom stereocenters. The maximum atomic E-state index is 14.9. The highest BCUT2D eigenvalue weighted by molar-refractivity contribution is 7.80. The van der Waals surface area contributed by atoms with Crippen molar-refractivity contribution in [2.24, 2.45) is 5.73 Å². The molecule has 464 valence electrons. The van der Waals surface area contributed by atoms with Crippen molar-refractivity contribution in [2.75, 3.05) is 31.2 Å². The Hall–Kier alpha value is -8.97. The average molecular weight is 1240 g/mol. The number of rotatable bonds is 30. The number of carbonyl (C=O) groups excluding carboxylic acids is 9. The summed E-state index contributed by atoms with van der Waals surface area (Å²) in [4.78, 5) is 159. The monoisotopic (exact) mass is 1240 g/mol. The number of aromatic amines is 3. The van der Waals surface area contributed by atoms with Crippen LogP contribution in [0.25, 0.3) is 32.7 Å². The van der Waals surface area contributed by atoms with E-state index in [0.717, 1.165) is 15.8 Å². The number of aliphatic hydroxyl groups is 2. The second kappa shape index (κ2) is 30.4. The number of hydrogen-bond donors (Lipinski definition) is 18. The number of H-pyrrole nitrogens is 3. The van der Waals surface area contributed by atoms with Crippen molar-refractivity contribution in [1.82, 2.24) is 62.4 Å². The standard InChI is InChI=1S/C57H69N13O15S2/c1-28(72)48(69-53(80)40(64-49(76)35(58)26-86)18-30-22-60-37-13-6-3-10-33(30)37)55(82)66-42(19-31-23-61-38-14-7-4-11-34(31)38)56(83)70-16-8-15-45(70)54(81)65-41(20-47(74)75)52(79)67-43(25-71)50(77)62-24-46(73)63-39(51(78)68-44(27-87)57(84)85)17-29-21-59-36-12-5-2-9-32(29)36/h2-7,9-14,21-23,28,35,39-45,48,59-61,71-72,86-87H,8,15-20,24-27,58H2,1H3,(H,62,77)(H,63,73)(H,64,76)(H,65,81)(H,66,82)(H,67,79)(H,68,78)(H,69,80)(H,74,75)(H,84,85)/t28-,35+,39+,40+,41+,42+,43+,44+,45+,48+/m1/s1. The van der Waals surface area contributed by atoms with Gasteiger partial charge in [-0.05, 0) is 54.7 Å². The average Bonchev–Trinajstić information content (AvgIpc) is 2.73. The van der Waals surface area contributed by atoms with E-state index in [-0.39, 0.29) is 50.2 Å². The van der Waals surface area contributed by atoms with E-state index in [1.54, 1.807) is 73.2 Å². The fourth-order valence-electron chi connectivity index (χ4n) is 10.1. The van der Waals surface area contributed by atoms with Gasteiger partial charge in [0, 0.05) is 88.6 Å². The zero-order chi connectivity index (χ0) is 63.1. The Morgan fingerprint density at radius 2 is 1.06 bits per heavy atom. The topological polar surface area (TPSA) is 442 Å². The summed E-state index contributed by atoms with van der Waals surface area (Å²) in [5, 5.41) is 62.2. The van der Waals surface area contributed by atoms with Crippen molar-refractivity contribution in [3.63, 3.8) is 0 Å². The van der Waals surface area contributed by atoms with Gasteiger partial charge in [0.05, 0.1) is 31.7 Å². The number of aromatic nitrogens is 3. The highest BCUT2D eigenvalue weighted by Crippen LogP contribution is 2.25. The van der Waals surface area contributed by atoms with Gasteiger partial charge in [0.2, 0.25) is 53.2 Å². The molecule has 4 heterocycles. The number of fused-ring (bicyclic) bond motifs is 3. The number of thiol groups is 2. The third-order valence-electron chi connectivity index (χ3n) is 14.7. The number of amides is 9. The number of hydrogen-bond acceptors (Lipinski definition) is 16. The second-order valence-electron chi connectivity index (χ2n) is 20.8. The van der Waals surface area contributed by atoms with Gasteiger partial charge in [0.25, 0.3) is 0 Å². The predicted molar refractivity (Wildman–Crippen MR) is 322 cm³/mol. The summed E-state index contributed by atoms with van der Waals surface area (Å²) in [7, 11) is 0. The van der Waals surface area contributed by atoms with Crippen molar-refractivity contribution < 1.29 is 73.2 Å². The Labute approximate surface area is 507 Å². The quantitative estimate of drug-likeness (QED) is 0.0212. The van der Waals surface area contributed by atoms with Crippen molar-refractivity contribution in [3.8, 4) is 0 Å². The first-order chi connectivity index (χ1) is 41.6. The molecule has 9 amide bonds. The normalized spacial score (nSPS) is 16.2. The molecule has 87 heavy (non-hydrogen) atoms. The van der Waals surface area contributed by atoms with Crippen LogP contribution >= 0.6 is 25.3 Å². The molecule has 0 aliphatic carbocycles. The third kappa shape index (κ3) is 16.9. The van der Waals surface area contributed by atoms with Gasteiger partial charge in [0.15, 0.2) is 0 Å². The van der Waals surface area contributed by atoms with Gasteiger partial charge in [-0.15, -0.1) is 0 Å². The van der Waals surface area contributed by atoms with E-state index in [9.17, 15) is 73.2 Å². The number of carboxylic acids is 2. The molecule has 28 nitrogen and oxygen atoms in total. The molecule has 0 bridgehead atoms. The highest BCUT2D eigenvalue weighted by Gasteiger charge is 2.41. The lowest BCUT2D eigenvalue weighted by Gasteiger charge is -2.31. The molecule has 0 radical (unpaired) electrons. The zero-order valence-electron chi connectivity index (χ0n) is 46.9. The molecule has 1 aliphatic heterocycles. The van der Waals surface area contributed by atoms with E-state index >= 15 is 0 Å². The van der Waals surface area contributed by atoms with E-state index < -0.39 is 145 Å². The molecule has 30 heteroatoms. The second-order valence-corrected chi connectivity index (χ2v) is 21.6. The van der Waals surface area contributed by atoms with Crippen LogP contribution in [0.2, 0.25) is 0 Å². The fraction of sp³-hybridized carbons (Fsp3) is 0.386. The summed E-state index contributed by atoms with van der Waals surface area (Å²) in [6.07, 6.45) is 2.01. The Bertz CT molecular complexity index is 3520.